The monoisotopic (exact) mass is 456 g/mol. The number of fused-ring (bicyclic) bond motifs is 1. The van der Waals surface area contributed by atoms with Crippen LogP contribution in [0.4, 0.5) is 11.6 Å². The molecule has 1 saturated heterocycles. The van der Waals surface area contributed by atoms with Crippen molar-refractivity contribution < 1.29 is 0 Å². The number of hydrogen-bond acceptors (Lipinski definition) is 8. The van der Waals surface area contributed by atoms with Crippen LogP contribution in [-0.2, 0) is 0 Å². The number of likely N-dealkylation sites (N-methyl/N-ethyl adjacent to an activating group) is 1. The van der Waals surface area contributed by atoms with Gasteiger partial charge in [0.15, 0.2) is 11.6 Å². The number of anilines is 2. The molecule has 34 heavy (non-hydrogen) atoms. The first kappa shape index (κ1) is 23.5. The zero-order valence-corrected chi connectivity index (χ0v) is 19.7. The summed E-state index contributed by atoms with van der Waals surface area (Å²) < 4.78 is 0. The van der Waals surface area contributed by atoms with Crippen molar-refractivity contribution in [3.8, 4) is 11.4 Å². The van der Waals surface area contributed by atoms with Crippen molar-refractivity contribution >= 4 is 22.5 Å². The Bertz CT molecular complexity index is 1170. The second-order valence-corrected chi connectivity index (χ2v) is 8.48. The summed E-state index contributed by atoms with van der Waals surface area (Å²) in [6.45, 7) is 12.0. The Morgan fingerprint density at radius 1 is 1.12 bits per heavy atom. The average Bonchev–Trinajstić information content (AvgIpc) is 2.87. The number of hydrogen-bond donors (Lipinski definition) is 2. The molecule has 3 aromatic heterocycles. The van der Waals surface area contributed by atoms with Gasteiger partial charge in [0.1, 0.15) is 11.3 Å². The molecule has 176 valence electrons. The van der Waals surface area contributed by atoms with E-state index in [1.807, 2.05) is 36.5 Å². The summed E-state index contributed by atoms with van der Waals surface area (Å²) >= 11 is 0. The number of rotatable bonds is 9. The average molecular weight is 457 g/mol. The highest BCUT2D eigenvalue weighted by Gasteiger charge is 2.21. The predicted molar refractivity (Wildman–Crippen MR) is 140 cm³/mol. The molecule has 0 aromatic carbocycles. The van der Waals surface area contributed by atoms with Gasteiger partial charge in [0.25, 0.3) is 0 Å². The number of nitrogens with one attached hydrogen (secondary N) is 1. The highest BCUT2D eigenvalue weighted by Crippen LogP contribution is 2.30. The van der Waals surface area contributed by atoms with Crippen LogP contribution in [0.2, 0.25) is 0 Å². The Labute approximate surface area is 200 Å². The lowest BCUT2D eigenvalue weighted by molar-refractivity contribution is 0.312. The van der Waals surface area contributed by atoms with Gasteiger partial charge in [-0.1, -0.05) is 31.4 Å². The van der Waals surface area contributed by atoms with E-state index >= 15 is 0 Å². The summed E-state index contributed by atoms with van der Waals surface area (Å²) in [5.74, 6) is 2.27. The molecule has 3 N–H and O–H groups in total. The Morgan fingerprint density at radius 2 is 1.88 bits per heavy atom. The molecule has 3 aromatic rings. The molecule has 4 rings (SSSR count). The summed E-state index contributed by atoms with van der Waals surface area (Å²) in [4.78, 5) is 23.3. The number of nitrogens with two attached hydrogens (primary N) is 1. The predicted octanol–water partition coefficient (Wildman–Crippen LogP) is 3.27. The van der Waals surface area contributed by atoms with Gasteiger partial charge in [-0.15, -0.1) is 0 Å². The van der Waals surface area contributed by atoms with Crippen molar-refractivity contribution in [3.05, 3.63) is 73.7 Å². The third-order valence-electron chi connectivity index (χ3n) is 5.96. The van der Waals surface area contributed by atoms with Crippen molar-refractivity contribution in [3.63, 3.8) is 0 Å². The number of aromatic nitrogens is 4. The zero-order valence-electron chi connectivity index (χ0n) is 19.7. The molecule has 8 heteroatoms. The molecule has 0 unspecified atom stereocenters. The minimum absolute atomic E-state index is 0.113. The number of piperazine rings is 1. The molecule has 0 bridgehead atoms. The van der Waals surface area contributed by atoms with Crippen LogP contribution in [0.5, 0.6) is 0 Å². The van der Waals surface area contributed by atoms with Gasteiger partial charge in [0.05, 0.1) is 0 Å². The molecule has 1 aliphatic heterocycles. The molecule has 0 radical (unpaired) electrons. The number of nitrogens with zero attached hydrogens (tertiary/aromatic N) is 6. The standard InChI is InChI=1S/C26H32N8/c1-4-6-19(5-2)17-21(27)18-30-25-22-9-12-29-26(34-15-13-33(3)14-16-34)23(22)31-24(32-25)20-7-10-28-11-8-20/h4-12,21H,1-2,13-18,27H2,3H3,(H,30,31,32)/b19-6+/t21-/m1/s1. The van der Waals surface area contributed by atoms with Gasteiger partial charge < -0.3 is 20.9 Å². The summed E-state index contributed by atoms with van der Waals surface area (Å²) in [5, 5.41) is 4.40. The van der Waals surface area contributed by atoms with Gasteiger partial charge in [0.2, 0.25) is 0 Å². The van der Waals surface area contributed by atoms with E-state index < -0.39 is 0 Å². The first-order valence-electron chi connectivity index (χ1n) is 11.5. The Kier molecular flexibility index (Phi) is 7.61. The summed E-state index contributed by atoms with van der Waals surface area (Å²) in [7, 11) is 2.14. The molecule has 0 saturated carbocycles. The van der Waals surface area contributed by atoms with E-state index in [2.05, 4.69) is 40.3 Å². The van der Waals surface area contributed by atoms with E-state index in [-0.39, 0.29) is 6.04 Å². The first-order chi connectivity index (χ1) is 16.6. The Hall–Kier alpha value is -3.62. The molecule has 0 spiro atoms. The first-order valence-corrected chi connectivity index (χ1v) is 11.5. The zero-order chi connectivity index (χ0) is 23.9. The molecular weight excluding hydrogens is 424 g/mol. The van der Waals surface area contributed by atoms with Crippen molar-refractivity contribution in [1.82, 2.24) is 24.8 Å². The molecular formula is C26H32N8. The van der Waals surface area contributed by atoms with Crippen LogP contribution in [0.25, 0.3) is 22.3 Å². The minimum Gasteiger partial charge on any atom is -0.368 e. The fourth-order valence-electron chi connectivity index (χ4n) is 4.03. The van der Waals surface area contributed by atoms with Crippen LogP contribution in [0.15, 0.2) is 73.7 Å². The molecule has 1 aliphatic rings. The van der Waals surface area contributed by atoms with Gasteiger partial charge in [-0.25, -0.2) is 15.0 Å². The van der Waals surface area contributed by atoms with E-state index in [0.29, 0.717) is 18.8 Å². The van der Waals surface area contributed by atoms with Gasteiger partial charge in [-0.2, -0.15) is 0 Å². The lowest BCUT2D eigenvalue weighted by Crippen LogP contribution is -2.45. The summed E-state index contributed by atoms with van der Waals surface area (Å²) in [6.07, 6.45) is 11.5. The van der Waals surface area contributed by atoms with Crippen LogP contribution < -0.4 is 16.0 Å². The third-order valence-corrected chi connectivity index (χ3v) is 5.96. The van der Waals surface area contributed by atoms with Gasteiger partial charge in [0, 0.05) is 68.3 Å². The van der Waals surface area contributed by atoms with Crippen molar-refractivity contribution in [2.45, 2.75) is 12.5 Å². The number of allylic oxidation sites excluding steroid dienone is 3. The SMILES string of the molecule is C=C/C=C(\C=C)C[C@@H](N)CNc1nc(-c2ccncc2)nc2c(N3CCN(C)CC3)nccc12. The van der Waals surface area contributed by atoms with Crippen molar-refractivity contribution in [2.24, 2.45) is 5.73 Å². The van der Waals surface area contributed by atoms with Crippen LogP contribution in [0.1, 0.15) is 6.42 Å². The molecule has 0 aliphatic carbocycles. The van der Waals surface area contributed by atoms with E-state index in [0.717, 1.165) is 59.9 Å². The van der Waals surface area contributed by atoms with Gasteiger partial charge in [-0.05, 0) is 37.2 Å². The summed E-state index contributed by atoms with van der Waals surface area (Å²) in [5.41, 5.74) is 9.21. The summed E-state index contributed by atoms with van der Waals surface area (Å²) in [6, 6.07) is 5.68. The van der Waals surface area contributed by atoms with Crippen LogP contribution in [0, 0.1) is 0 Å². The quantitative estimate of drug-likeness (QED) is 0.474. The van der Waals surface area contributed by atoms with Crippen molar-refractivity contribution in [2.75, 3.05) is 50.0 Å². The van der Waals surface area contributed by atoms with Gasteiger partial charge >= 0.3 is 0 Å². The maximum atomic E-state index is 6.42. The topological polar surface area (TPSA) is 96.1 Å². The largest absolute Gasteiger partial charge is 0.368 e. The Balaban J connectivity index is 1.70. The highest BCUT2D eigenvalue weighted by atomic mass is 15.3. The fraction of sp³-hybridized carbons (Fsp3) is 0.308. The molecule has 0 amide bonds. The second kappa shape index (κ2) is 11.0. The molecule has 1 atom stereocenters. The fourth-order valence-corrected chi connectivity index (χ4v) is 4.03. The van der Waals surface area contributed by atoms with Gasteiger partial charge in [-0.3, -0.25) is 4.98 Å². The second-order valence-electron chi connectivity index (χ2n) is 8.48. The van der Waals surface area contributed by atoms with E-state index in [1.165, 1.54) is 0 Å². The van der Waals surface area contributed by atoms with Crippen LogP contribution >= 0.6 is 0 Å². The van der Waals surface area contributed by atoms with Crippen LogP contribution in [-0.4, -0.2) is 70.6 Å². The molecule has 8 nitrogen and oxygen atoms in total. The van der Waals surface area contributed by atoms with Crippen LogP contribution in [0.3, 0.4) is 0 Å². The van der Waals surface area contributed by atoms with E-state index in [9.17, 15) is 0 Å². The minimum atomic E-state index is -0.113. The maximum Gasteiger partial charge on any atom is 0.162 e. The normalized spacial score (nSPS) is 15.8. The number of pyridine rings is 2. The lowest BCUT2D eigenvalue weighted by atomic mass is 10.1. The third kappa shape index (κ3) is 5.47. The van der Waals surface area contributed by atoms with E-state index in [1.54, 1.807) is 18.5 Å². The molecule has 1 fully saturated rings. The van der Waals surface area contributed by atoms with E-state index in [4.69, 9.17) is 20.7 Å². The molecule has 4 heterocycles. The lowest BCUT2D eigenvalue weighted by Gasteiger charge is -2.33. The maximum absolute atomic E-state index is 6.42. The highest BCUT2D eigenvalue weighted by molar-refractivity contribution is 5.97. The Morgan fingerprint density at radius 3 is 2.59 bits per heavy atom. The van der Waals surface area contributed by atoms with Crippen molar-refractivity contribution in [1.29, 1.82) is 0 Å². The smallest absolute Gasteiger partial charge is 0.162 e.